The summed E-state index contributed by atoms with van der Waals surface area (Å²) in [5, 5.41) is 3.14. The highest BCUT2D eigenvalue weighted by Crippen LogP contribution is 2.05. The maximum Gasteiger partial charge on any atom is 0.211 e. The molecule has 0 radical (unpaired) electrons. The van der Waals surface area contributed by atoms with Crippen molar-refractivity contribution in [2.75, 3.05) is 26.4 Å². The monoisotopic (exact) mass is 178 g/mol. The minimum atomic E-state index is -2.98. The van der Waals surface area contributed by atoms with Crippen LogP contribution in [0.25, 0.3) is 0 Å². The molecule has 0 aliphatic carbocycles. The van der Waals surface area contributed by atoms with Gasteiger partial charge < -0.3 is 5.32 Å². The van der Waals surface area contributed by atoms with E-state index in [1.165, 1.54) is 10.6 Å². The van der Waals surface area contributed by atoms with Crippen molar-refractivity contribution in [2.45, 2.75) is 12.5 Å². The maximum atomic E-state index is 10.9. The fourth-order valence-electron chi connectivity index (χ4n) is 0.950. The highest BCUT2D eigenvalue weighted by Gasteiger charge is 2.21. The summed E-state index contributed by atoms with van der Waals surface area (Å²) in [5.74, 6) is 0. The molecule has 1 N–H and O–H groups in total. The lowest BCUT2D eigenvalue weighted by atomic mass is 10.1. The van der Waals surface area contributed by atoms with Crippen molar-refractivity contribution in [1.82, 2.24) is 9.62 Å². The van der Waals surface area contributed by atoms with Gasteiger partial charge in [0.2, 0.25) is 10.0 Å². The fraction of sp³-hybridized carbons (Fsp3) is 1.00. The molecule has 4 nitrogen and oxygen atoms in total. The van der Waals surface area contributed by atoms with E-state index in [0.29, 0.717) is 12.6 Å². The van der Waals surface area contributed by atoms with Gasteiger partial charge in [-0.2, -0.15) is 0 Å². The van der Waals surface area contributed by atoms with Crippen LogP contribution in [-0.2, 0) is 10.0 Å². The number of likely N-dealkylation sites (N-methyl/N-ethyl adjacent to an activating group) is 1. The number of nitrogens with one attached hydrogen (secondary N) is 1. The molecular weight excluding hydrogens is 164 g/mol. The predicted molar refractivity (Wildman–Crippen MR) is 43.9 cm³/mol. The van der Waals surface area contributed by atoms with Gasteiger partial charge in [-0.05, 0) is 13.0 Å². The third-order valence-electron chi connectivity index (χ3n) is 1.97. The highest BCUT2D eigenvalue weighted by molar-refractivity contribution is 7.88. The van der Waals surface area contributed by atoms with Gasteiger partial charge >= 0.3 is 0 Å². The van der Waals surface area contributed by atoms with Crippen molar-refractivity contribution in [3.05, 3.63) is 0 Å². The highest BCUT2D eigenvalue weighted by atomic mass is 32.2. The van der Waals surface area contributed by atoms with E-state index in [9.17, 15) is 8.42 Å². The Hall–Kier alpha value is -0.130. The Morgan fingerprint density at radius 3 is 2.45 bits per heavy atom. The van der Waals surface area contributed by atoms with E-state index in [4.69, 9.17) is 0 Å². The standard InChI is InChI=1S/C6H14N2O2S/c1-8(11(2,9)10)5-6-3-4-7-6/h6-7H,3-5H2,1-2H3. The van der Waals surface area contributed by atoms with Crippen molar-refractivity contribution < 1.29 is 8.42 Å². The minimum absolute atomic E-state index is 0.370. The first-order valence-corrected chi connectivity index (χ1v) is 5.49. The molecule has 66 valence electrons. The average molecular weight is 178 g/mol. The van der Waals surface area contributed by atoms with Crippen LogP contribution in [0.2, 0.25) is 0 Å². The number of rotatable bonds is 3. The zero-order valence-electron chi connectivity index (χ0n) is 6.87. The molecular formula is C6H14N2O2S. The van der Waals surface area contributed by atoms with E-state index in [1.807, 2.05) is 0 Å². The van der Waals surface area contributed by atoms with Crippen LogP contribution in [0, 0.1) is 0 Å². The summed E-state index contributed by atoms with van der Waals surface area (Å²) < 4.78 is 23.2. The molecule has 1 heterocycles. The van der Waals surface area contributed by atoms with Crippen molar-refractivity contribution in [2.24, 2.45) is 0 Å². The second-order valence-corrected chi connectivity index (χ2v) is 5.07. The zero-order chi connectivity index (χ0) is 8.48. The summed E-state index contributed by atoms with van der Waals surface area (Å²) in [4.78, 5) is 0. The molecule has 0 saturated carbocycles. The van der Waals surface area contributed by atoms with E-state index in [0.717, 1.165) is 13.0 Å². The molecule has 0 aromatic heterocycles. The van der Waals surface area contributed by atoms with Crippen molar-refractivity contribution >= 4 is 10.0 Å². The summed E-state index contributed by atoms with van der Waals surface area (Å²) in [6, 6.07) is 0.370. The zero-order valence-corrected chi connectivity index (χ0v) is 7.69. The van der Waals surface area contributed by atoms with E-state index < -0.39 is 10.0 Å². The van der Waals surface area contributed by atoms with Gasteiger partial charge in [0.15, 0.2) is 0 Å². The molecule has 0 amide bonds. The van der Waals surface area contributed by atoms with Crippen molar-refractivity contribution in [3.8, 4) is 0 Å². The van der Waals surface area contributed by atoms with Crippen LogP contribution in [0.5, 0.6) is 0 Å². The normalized spacial score (nSPS) is 25.2. The Labute approximate surface area is 67.6 Å². The molecule has 1 rings (SSSR count). The number of nitrogens with zero attached hydrogens (tertiary/aromatic N) is 1. The fourth-order valence-corrected chi connectivity index (χ4v) is 1.40. The maximum absolute atomic E-state index is 10.9. The van der Waals surface area contributed by atoms with Gasteiger partial charge in [-0.3, -0.25) is 0 Å². The Balaban J connectivity index is 2.36. The molecule has 11 heavy (non-hydrogen) atoms. The van der Waals surface area contributed by atoms with Crippen molar-refractivity contribution in [3.63, 3.8) is 0 Å². The lowest BCUT2D eigenvalue weighted by Gasteiger charge is -2.30. The molecule has 5 heteroatoms. The molecule has 0 aromatic carbocycles. The smallest absolute Gasteiger partial charge is 0.211 e. The third kappa shape index (κ3) is 2.43. The van der Waals surface area contributed by atoms with Crippen LogP contribution < -0.4 is 5.32 Å². The third-order valence-corrected chi connectivity index (χ3v) is 3.25. The van der Waals surface area contributed by atoms with E-state index in [-0.39, 0.29) is 0 Å². The molecule has 1 saturated heterocycles. The SMILES string of the molecule is CN(CC1CCN1)S(C)(=O)=O. The quantitative estimate of drug-likeness (QED) is 0.618. The van der Waals surface area contributed by atoms with Crippen LogP contribution in [0.3, 0.4) is 0 Å². The lowest BCUT2D eigenvalue weighted by molar-refractivity contribution is 0.310. The van der Waals surface area contributed by atoms with Gasteiger partial charge in [0.05, 0.1) is 6.26 Å². The number of sulfonamides is 1. The number of hydrogen-bond donors (Lipinski definition) is 1. The van der Waals surface area contributed by atoms with Gasteiger partial charge in [0, 0.05) is 19.6 Å². The summed E-state index contributed by atoms with van der Waals surface area (Å²) in [6.07, 6.45) is 2.31. The largest absolute Gasteiger partial charge is 0.313 e. The molecule has 1 atom stereocenters. The minimum Gasteiger partial charge on any atom is -0.313 e. The topological polar surface area (TPSA) is 49.4 Å². The second kappa shape index (κ2) is 3.08. The van der Waals surface area contributed by atoms with Gasteiger partial charge in [0.1, 0.15) is 0 Å². The van der Waals surface area contributed by atoms with E-state index in [2.05, 4.69) is 5.32 Å². The molecule has 0 bridgehead atoms. The van der Waals surface area contributed by atoms with E-state index >= 15 is 0 Å². The second-order valence-electron chi connectivity index (χ2n) is 2.98. The molecule has 1 aliphatic heterocycles. The predicted octanol–water partition coefficient (Wildman–Crippen LogP) is -0.760. The van der Waals surface area contributed by atoms with Gasteiger partial charge in [-0.25, -0.2) is 12.7 Å². The first kappa shape index (κ1) is 8.96. The van der Waals surface area contributed by atoms with Crippen LogP contribution in [0.4, 0.5) is 0 Å². The Morgan fingerprint density at radius 2 is 2.18 bits per heavy atom. The summed E-state index contributed by atoms with van der Waals surface area (Å²) in [6.45, 7) is 1.61. The summed E-state index contributed by atoms with van der Waals surface area (Å²) in [5.41, 5.74) is 0. The summed E-state index contributed by atoms with van der Waals surface area (Å²) >= 11 is 0. The van der Waals surface area contributed by atoms with E-state index in [1.54, 1.807) is 7.05 Å². The van der Waals surface area contributed by atoms with Crippen molar-refractivity contribution in [1.29, 1.82) is 0 Å². The lowest BCUT2D eigenvalue weighted by Crippen LogP contribution is -2.50. The summed E-state index contributed by atoms with van der Waals surface area (Å²) in [7, 11) is -1.37. The first-order valence-electron chi connectivity index (χ1n) is 3.65. The number of hydrogen-bond acceptors (Lipinski definition) is 3. The molecule has 1 unspecified atom stereocenters. The first-order chi connectivity index (χ1) is 5.00. The molecule has 1 fully saturated rings. The Bertz CT molecular complexity index is 221. The average Bonchev–Trinajstić information content (AvgIpc) is 1.75. The van der Waals surface area contributed by atoms with Gasteiger partial charge in [0.25, 0.3) is 0 Å². The Kier molecular flexibility index (Phi) is 2.51. The Morgan fingerprint density at radius 1 is 1.64 bits per heavy atom. The molecule has 0 aromatic rings. The van der Waals surface area contributed by atoms with Gasteiger partial charge in [-0.1, -0.05) is 0 Å². The van der Waals surface area contributed by atoms with Crippen LogP contribution in [0.1, 0.15) is 6.42 Å². The molecule has 0 spiro atoms. The van der Waals surface area contributed by atoms with Crippen LogP contribution >= 0.6 is 0 Å². The van der Waals surface area contributed by atoms with Crippen LogP contribution in [-0.4, -0.2) is 45.2 Å². The van der Waals surface area contributed by atoms with Gasteiger partial charge in [-0.15, -0.1) is 0 Å². The molecule has 1 aliphatic rings. The van der Waals surface area contributed by atoms with Crippen LogP contribution in [0.15, 0.2) is 0 Å².